The summed E-state index contributed by atoms with van der Waals surface area (Å²) in [5.74, 6) is -3.45. The van der Waals surface area contributed by atoms with Gasteiger partial charge in [0.15, 0.2) is 0 Å². The summed E-state index contributed by atoms with van der Waals surface area (Å²) in [5, 5.41) is 102. The van der Waals surface area contributed by atoms with E-state index in [-0.39, 0.29) is 79.6 Å². The Balaban J connectivity index is 0.000000130. The van der Waals surface area contributed by atoms with Crippen molar-refractivity contribution in [3.63, 3.8) is 0 Å². The Morgan fingerprint density at radius 1 is 0.317 bits per heavy atom. The number of nitrogens with zero attached hydrogens (tertiary/aromatic N) is 6. The lowest BCUT2D eigenvalue weighted by atomic mass is 9.95. The first kappa shape index (κ1) is 88.2. The molecule has 6 aromatic heterocycles. The number of anilines is 3. The van der Waals surface area contributed by atoms with Crippen molar-refractivity contribution in [2.24, 2.45) is 0 Å². The lowest BCUT2D eigenvalue weighted by Crippen LogP contribution is -1.95. The van der Waals surface area contributed by atoms with Crippen LogP contribution in [0, 0.1) is 47.6 Å². The number of phenolic OH excluding ortho intramolecular Hbond substituents is 6. The van der Waals surface area contributed by atoms with Crippen LogP contribution >= 0.6 is 27.5 Å². The Morgan fingerprint density at radius 2 is 0.627 bits per heavy atom. The van der Waals surface area contributed by atoms with Gasteiger partial charge in [-0.3, -0.25) is 30.6 Å². The fourth-order valence-corrected chi connectivity index (χ4v) is 14.2. The molecule has 0 saturated heterocycles. The van der Waals surface area contributed by atoms with Crippen LogP contribution in [0.4, 0.5) is 47.8 Å². The molecule has 18 rings (SSSR count). The lowest BCUT2D eigenvalue weighted by molar-refractivity contribution is 0.474. The highest BCUT2D eigenvalue weighted by Gasteiger charge is 2.23. The second-order valence-electron chi connectivity index (χ2n) is 28.6. The smallest absolute Gasteiger partial charge is 0.147 e. The molecule has 0 aliphatic carbocycles. The third-order valence-corrected chi connectivity index (χ3v) is 21.0. The van der Waals surface area contributed by atoms with Crippen molar-refractivity contribution >= 4 is 44.6 Å². The van der Waals surface area contributed by atoms with Gasteiger partial charge in [-0.15, -0.1) is 0 Å². The van der Waals surface area contributed by atoms with Crippen LogP contribution < -0.4 is 17.2 Å². The maximum Gasteiger partial charge on any atom is 0.147 e. The lowest BCUT2D eigenvalue weighted by Gasteiger charge is -2.10. The number of benzene rings is 12. The zero-order chi connectivity index (χ0) is 89.6. The van der Waals surface area contributed by atoms with Crippen molar-refractivity contribution in [2.75, 3.05) is 17.2 Å². The minimum absolute atomic E-state index is 0.00317. The zero-order valence-electron chi connectivity index (χ0n) is 67.3. The van der Waals surface area contributed by atoms with Gasteiger partial charge in [0.2, 0.25) is 0 Å². The fraction of sp³-hybridized carbons (Fsp3) is 0.0625. The van der Waals surface area contributed by atoms with Crippen LogP contribution in [0.15, 0.2) is 277 Å². The SMILES string of the molecule is CC(C)c1ccccc1-c1cc(-c2c(O)ccc(F)c2N)[nH]n1.CCc1ccccc1-c1cc(-c2c(O)ccc(F)c2N)[nH]n1.Cc1ccccc1-c1cc(-c2c(O)ccc(F)c2N)[nH]n1.Oc1ccc(F)cc1-c1cc(-c2ccccc2Br)[nH]n1.Oc1ccc(F)cc1-c1cc(-c2ccccc2Cl)[nH]n1.Oc1ccc(F)cc1-c1cc(-c2ccccc2F)[nH]n1. The van der Waals surface area contributed by atoms with E-state index in [0.717, 1.165) is 91.2 Å². The van der Waals surface area contributed by atoms with Gasteiger partial charge in [0.25, 0.3) is 0 Å². The van der Waals surface area contributed by atoms with Gasteiger partial charge in [-0.1, -0.05) is 170 Å². The van der Waals surface area contributed by atoms with E-state index in [2.05, 4.69) is 104 Å². The molecule has 0 spiro atoms. The topological polar surface area (TPSA) is 372 Å². The number of aromatic hydroxyl groups is 6. The Hall–Kier alpha value is -15.6. The maximum atomic E-state index is 13.7. The molecule has 0 aliphatic rings. The van der Waals surface area contributed by atoms with E-state index in [0.29, 0.717) is 78.9 Å². The summed E-state index contributed by atoms with van der Waals surface area (Å²) in [5.41, 5.74) is 33.9. The maximum absolute atomic E-state index is 13.7. The largest absolute Gasteiger partial charge is 0.507 e. The summed E-state index contributed by atoms with van der Waals surface area (Å²) in [6, 6.07) is 73.7. The van der Waals surface area contributed by atoms with Crippen molar-refractivity contribution in [3.05, 3.63) is 340 Å². The number of halogens is 9. The Bertz CT molecular complexity index is 6600. The van der Waals surface area contributed by atoms with Gasteiger partial charge in [-0.05, 0) is 188 Å². The van der Waals surface area contributed by atoms with Gasteiger partial charge in [-0.25, -0.2) is 30.7 Å². The average Bonchev–Trinajstić information content (AvgIpc) is 1.62. The third kappa shape index (κ3) is 20.3. The number of hydrogen-bond acceptors (Lipinski definition) is 15. The molecule has 636 valence electrons. The highest BCUT2D eigenvalue weighted by molar-refractivity contribution is 9.10. The van der Waals surface area contributed by atoms with E-state index in [1.807, 2.05) is 116 Å². The van der Waals surface area contributed by atoms with E-state index < -0.39 is 34.9 Å². The minimum atomic E-state index is -0.574. The molecule has 0 unspecified atom stereocenters. The number of phenols is 6. The molecule has 0 radical (unpaired) electrons. The van der Waals surface area contributed by atoms with Gasteiger partial charge in [0.1, 0.15) is 75.2 Å². The normalized spacial score (nSPS) is 10.8. The molecule has 18 aromatic rings. The fourth-order valence-electron chi connectivity index (χ4n) is 13.5. The van der Waals surface area contributed by atoms with Gasteiger partial charge < -0.3 is 47.8 Å². The van der Waals surface area contributed by atoms with Crippen LogP contribution in [0.5, 0.6) is 34.5 Å². The van der Waals surface area contributed by atoms with Crippen LogP contribution in [0.3, 0.4) is 0 Å². The number of hydrogen-bond donors (Lipinski definition) is 15. The van der Waals surface area contributed by atoms with E-state index in [4.69, 9.17) is 28.8 Å². The second-order valence-corrected chi connectivity index (χ2v) is 29.8. The van der Waals surface area contributed by atoms with Crippen molar-refractivity contribution in [3.8, 4) is 170 Å². The molecule has 0 amide bonds. The monoisotopic (exact) mass is 1780 g/mol. The number of nitrogens with one attached hydrogen (secondary N) is 6. The molecule has 18 N–H and O–H groups in total. The number of nitrogens with two attached hydrogens (primary N) is 3. The van der Waals surface area contributed by atoms with Crippen LogP contribution in [0.2, 0.25) is 5.02 Å². The number of aromatic nitrogens is 12. The van der Waals surface area contributed by atoms with E-state index in [9.17, 15) is 61.4 Å². The Morgan fingerprint density at radius 3 is 1.04 bits per heavy atom. The summed E-state index contributed by atoms with van der Waals surface area (Å²) in [7, 11) is 0. The minimum Gasteiger partial charge on any atom is -0.507 e. The predicted octanol–water partition coefficient (Wildman–Crippen LogP) is 23.8. The number of rotatable bonds is 14. The third-order valence-electron chi connectivity index (χ3n) is 19.9. The standard InChI is InChI=1S/C18H18FN3O.C17H16FN3O.C16H14FN3O.C15H10BrFN2O.C15H10ClFN2O.C15H10F2N2O/c1-10(2)11-5-3-4-6-12(11)14-9-15(22-21-14)17-16(23)8-7-13(19)18(17)20;1-2-10-5-3-4-6-11(10)13-9-14(21-20-13)16-15(22)8-7-12(18)17(16)19;1-9-4-2-3-5-10(9)12-8-13(20-19-12)15-14(21)7-6-11(17)16(15)18;2*16-12-4-2-1-3-10(12)13-8-14(19-18-13)11-7-9(17)5-6-15(11)20;16-9-5-6-15(20)11(7-9)14-8-13(18-19-14)10-3-1-2-4-12(10)17/h3-10,23H,20H2,1-2H3,(H,21,22);3-9,22H,2,19H2,1H3,(H,20,21);2-8,21H,18H2,1H3,(H,19,20);3*1-8,20H,(H,18,19). The molecule has 30 heteroatoms. The molecule has 126 heavy (non-hydrogen) atoms. The summed E-state index contributed by atoms with van der Waals surface area (Å²) < 4.78 is 95.2. The molecule has 0 atom stereocenters. The van der Waals surface area contributed by atoms with Crippen LogP contribution in [-0.2, 0) is 6.42 Å². The van der Waals surface area contributed by atoms with E-state index in [1.165, 1.54) is 78.4 Å². The van der Waals surface area contributed by atoms with Crippen LogP contribution in [0.1, 0.15) is 43.4 Å². The Kier molecular flexibility index (Phi) is 27.6. The van der Waals surface area contributed by atoms with Gasteiger partial charge in [-0.2, -0.15) is 30.6 Å². The molecule has 0 fully saturated rings. The number of aryl methyl sites for hydroxylation is 2. The predicted molar refractivity (Wildman–Crippen MR) is 481 cm³/mol. The zero-order valence-corrected chi connectivity index (χ0v) is 69.6. The van der Waals surface area contributed by atoms with Gasteiger partial charge >= 0.3 is 0 Å². The number of aromatic amines is 6. The van der Waals surface area contributed by atoms with Gasteiger partial charge in [0, 0.05) is 59.6 Å². The average molecular weight is 1790 g/mol. The first-order valence-electron chi connectivity index (χ1n) is 38.7. The molecule has 0 aliphatic heterocycles. The Labute approximate surface area is 729 Å². The summed E-state index contributed by atoms with van der Waals surface area (Å²) in [6.07, 6.45) is 0.881. The second kappa shape index (κ2) is 39.5. The highest BCUT2D eigenvalue weighted by atomic mass is 79.9. The van der Waals surface area contributed by atoms with E-state index >= 15 is 0 Å². The first-order chi connectivity index (χ1) is 60.6. The highest BCUT2D eigenvalue weighted by Crippen LogP contribution is 2.43. The number of H-pyrrole nitrogens is 6. The number of nitrogen functional groups attached to an aromatic ring is 3. The molecule has 0 bridgehead atoms. The molecular weight excluding hydrogens is 1710 g/mol. The van der Waals surface area contributed by atoms with Crippen LogP contribution in [-0.4, -0.2) is 91.8 Å². The summed E-state index contributed by atoms with van der Waals surface area (Å²) >= 11 is 9.58. The van der Waals surface area contributed by atoms with E-state index in [1.54, 1.807) is 60.7 Å². The molecule has 0 saturated carbocycles. The van der Waals surface area contributed by atoms with Crippen molar-refractivity contribution < 1.29 is 61.4 Å². The molecule has 21 nitrogen and oxygen atoms in total. The first-order valence-corrected chi connectivity index (χ1v) is 39.9. The van der Waals surface area contributed by atoms with Crippen molar-refractivity contribution in [2.45, 2.75) is 40.0 Å². The summed E-state index contributed by atoms with van der Waals surface area (Å²) in [6.45, 7) is 8.28. The van der Waals surface area contributed by atoms with Crippen molar-refractivity contribution in [1.29, 1.82) is 0 Å². The van der Waals surface area contributed by atoms with Crippen molar-refractivity contribution in [1.82, 2.24) is 61.2 Å². The van der Waals surface area contributed by atoms with Gasteiger partial charge in [0.05, 0.1) is 102 Å². The molecular formula is C96H78BrClF7N15O6. The molecule has 12 aromatic carbocycles. The van der Waals surface area contributed by atoms with Crippen LogP contribution in [0.25, 0.3) is 135 Å². The quantitative estimate of drug-likeness (QED) is 0.0355. The molecule has 6 heterocycles. The summed E-state index contributed by atoms with van der Waals surface area (Å²) in [4.78, 5) is 0.